The molecule has 0 N–H and O–H groups in total. The lowest BCUT2D eigenvalue weighted by Crippen LogP contribution is -2.41. The molecule has 1 fully saturated rings. The summed E-state index contributed by atoms with van der Waals surface area (Å²) in [5, 5.41) is 7.44. The zero-order valence-corrected chi connectivity index (χ0v) is 17.8. The average Bonchev–Trinajstić information content (AvgIpc) is 2.90. The number of hydrogen-bond donors (Lipinski definition) is 0. The van der Waals surface area contributed by atoms with Gasteiger partial charge in [0.15, 0.2) is 0 Å². The summed E-state index contributed by atoms with van der Waals surface area (Å²) >= 11 is 0. The van der Waals surface area contributed by atoms with Crippen LogP contribution in [0, 0.1) is 13.8 Å². The van der Waals surface area contributed by atoms with Gasteiger partial charge in [0.25, 0.3) is 0 Å². The number of hydrogen-bond acceptors (Lipinski definition) is 2. The van der Waals surface area contributed by atoms with Crippen LogP contribution < -0.4 is 5.46 Å². The fourth-order valence-electron chi connectivity index (χ4n) is 4.40. The van der Waals surface area contributed by atoms with E-state index in [4.69, 9.17) is 9.31 Å². The van der Waals surface area contributed by atoms with E-state index in [1.807, 2.05) is 0 Å². The van der Waals surface area contributed by atoms with Crippen LogP contribution in [0.1, 0.15) is 38.8 Å². The van der Waals surface area contributed by atoms with Crippen LogP contribution in [0.25, 0.3) is 32.3 Å². The molecule has 0 unspecified atom stereocenters. The highest BCUT2D eigenvalue weighted by Crippen LogP contribution is 2.38. The molecule has 1 saturated heterocycles. The summed E-state index contributed by atoms with van der Waals surface area (Å²) in [6, 6.07) is 19.6. The average molecular weight is 381 g/mol. The Morgan fingerprint density at radius 3 is 1.97 bits per heavy atom. The molecule has 0 saturated carbocycles. The molecule has 3 heteroatoms. The van der Waals surface area contributed by atoms with Crippen molar-refractivity contribution in [3.05, 3.63) is 72.6 Å². The summed E-state index contributed by atoms with van der Waals surface area (Å²) in [5.74, 6) is 0. The Balaban J connectivity index is 1.78. The minimum absolute atomic E-state index is 0.352. The Morgan fingerprint density at radius 1 is 0.690 bits per heavy atom. The highest BCUT2D eigenvalue weighted by atomic mass is 16.7. The second-order valence-corrected chi connectivity index (χ2v) is 9.26. The number of aryl methyl sites for hydroxylation is 1. The minimum Gasteiger partial charge on any atom is -0.399 e. The van der Waals surface area contributed by atoms with E-state index in [1.165, 1.54) is 37.9 Å². The van der Waals surface area contributed by atoms with Crippen LogP contribution in [0.3, 0.4) is 0 Å². The zero-order chi connectivity index (χ0) is 20.6. The van der Waals surface area contributed by atoms with Crippen LogP contribution in [-0.4, -0.2) is 18.3 Å². The van der Waals surface area contributed by atoms with Gasteiger partial charge in [-0.15, -0.1) is 0 Å². The predicted molar refractivity (Wildman–Crippen MR) is 124 cm³/mol. The van der Waals surface area contributed by atoms with Crippen molar-refractivity contribution in [1.29, 1.82) is 0 Å². The first-order valence-corrected chi connectivity index (χ1v) is 10.2. The predicted octanol–water partition coefficient (Wildman–Crippen LogP) is 5.94. The lowest BCUT2D eigenvalue weighted by Gasteiger charge is -2.32. The van der Waals surface area contributed by atoms with Crippen LogP contribution in [0.5, 0.6) is 0 Å². The third-order valence-electron chi connectivity index (χ3n) is 6.82. The lowest BCUT2D eigenvalue weighted by atomic mass is 9.77. The third-order valence-corrected chi connectivity index (χ3v) is 6.82. The van der Waals surface area contributed by atoms with Crippen molar-refractivity contribution in [2.24, 2.45) is 0 Å². The molecule has 144 valence electrons. The molecule has 0 spiro atoms. The molecule has 5 rings (SSSR count). The van der Waals surface area contributed by atoms with Crippen LogP contribution in [0.15, 0.2) is 54.6 Å². The topological polar surface area (TPSA) is 18.5 Å². The first-order chi connectivity index (χ1) is 13.7. The summed E-state index contributed by atoms with van der Waals surface area (Å²) in [4.78, 5) is 0. The largest absolute Gasteiger partial charge is 0.494 e. The van der Waals surface area contributed by atoms with E-state index >= 15 is 0 Å². The van der Waals surface area contributed by atoms with Crippen molar-refractivity contribution in [2.45, 2.75) is 45.8 Å². The van der Waals surface area contributed by atoms with Crippen molar-refractivity contribution in [1.82, 2.24) is 0 Å². The smallest absolute Gasteiger partial charge is 0.399 e. The molecule has 0 aromatic heterocycles. The van der Waals surface area contributed by atoms with E-state index in [1.54, 1.807) is 0 Å². The maximum absolute atomic E-state index is 6.30. The molecule has 1 heterocycles. The normalized spacial score (nSPS) is 18.2. The molecule has 0 atom stereocenters. The molecule has 0 bridgehead atoms. The van der Waals surface area contributed by atoms with Crippen molar-refractivity contribution in [3.8, 4) is 0 Å². The Kier molecular flexibility index (Phi) is 3.84. The molecular weight excluding hydrogens is 355 g/mol. The van der Waals surface area contributed by atoms with Gasteiger partial charge in [-0.2, -0.15) is 0 Å². The fourth-order valence-corrected chi connectivity index (χ4v) is 4.40. The van der Waals surface area contributed by atoms with Crippen molar-refractivity contribution < 1.29 is 9.31 Å². The highest BCUT2D eigenvalue weighted by molar-refractivity contribution is 6.62. The number of rotatable bonds is 1. The standard InChI is InChI=1S/C26H26BO2/c1-16-14-23-22(21-10-8-7-9-19(16)21)13-17(2)20-12-11-18(15-24(20)23)27-28-25(3,4)26(5,6)29-27/h7-15H,2H2,1,3-6H3/q+1. The van der Waals surface area contributed by atoms with Gasteiger partial charge in [-0.1, -0.05) is 24.3 Å². The monoisotopic (exact) mass is 381 g/mol. The van der Waals surface area contributed by atoms with E-state index in [-0.39, 0.29) is 18.3 Å². The van der Waals surface area contributed by atoms with Crippen LogP contribution >= 0.6 is 0 Å². The molecule has 0 amide bonds. The van der Waals surface area contributed by atoms with Gasteiger partial charge in [0.05, 0.1) is 22.7 Å². The SMILES string of the molecule is [CH2+]c1cc2c3ccccc3c(C)cc2c2cc(B3OC(C)(C)C(C)(C)O3)ccc12. The first-order valence-electron chi connectivity index (χ1n) is 10.2. The summed E-state index contributed by atoms with van der Waals surface area (Å²) in [6.07, 6.45) is 0. The van der Waals surface area contributed by atoms with Crippen LogP contribution in [0.2, 0.25) is 0 Å². The van der Waals surface area contributed by atoms with Crippen LogP contribution in [-0.2, 0) is 9.31 Å². The van der Waals surface area contributed by atoms with Crippen molar-refractivity contribution in [2.75, 3.05) is 0 Å². The van der Waals surface area contributed by atoms with Gasteiger partial charge in [0, 0.05) is 34.5 Å². The fraction of sp³-hybridized carbons (Fsp3) is 0.269. The Hall–Kier alpha value is -2.49. The molecule has 1 aliphatic heterocycles. The van der Waals surface area contributed by atoms with E-state index in [0.717, 1.165) is 11.0 Å². The second-order valence-electron chi connectivity index (χ2n) is 9.26. The van der Waals surface area contributed by atoms with Gasteiger partial charge in [-0.25, -0.2) is 0 Å². The second kappa shape index (κ2) is 6.01. The van der Waals surface area contributed by atoms with Gasteiger partial charge < -0.3 is 9.31 Å². The highest BCUT2D eigenvalue weighted by Gasteiger charge is 2.51. The summed E-state index contributed by atoms with van der Waals surface area (Å²) in [7, 11) is -0.366. The Morgan fingerprint density at radius 2 is 1.28 bits per heavy atom. The van der Waals surface area contributed by atoms with Crippen molar-refractivity contribution in [3.63, 3.8) is 0 Å². The summed E-state index contributed by atoms with van der Waals surface area (Å²) in [5.41, 5.74) is 2.67. The van der Waals surface area contributed by atoms with Gasteiger partial charge in [0.2, 0.25) is 0 Å². The zero-order valence-electron chi connectivity index (χ0n) is 17.8. The Labute approximate surface area is 173 Å². The summed E-state index contributed by atoms with van der Waals surface area (Å²) < 4.78 is 12.6. The van der Waals surface area contributed by atoms with Gasteiger partial charge in [0.1, 0.15) is 5.56 Å². The third kappa shape index (κ3) is 2.68. The van der Waals surface area contributed by atoms with Gasteiger partial charge in [-0.05, 0) is 69.2 Å². The molecule has 4 aromatic carbocycles. The lowest BCUT2D eigenvalue weighted by molar-refractivity contribution is 0.00578. The van der Waals surface area contributed by atoms with Gasteiger partial charge in [-0.3, -0.25) is 0 Å². The molecular formula is C26H26BO2+. The molecule has 29 heavy (non-hydrogen) atoms. The Bertz CT molecular complexity index is 1270. The molecule has 2 nitrogen and oxygen atoms in total. The maximum Gasteiger partial charge on any atom is 0.494 e. The first kappa shape index (κ1) is 18.5. The maximum atomic E-state index is 6.30. The summed E-state index contributed by atoms with van der Waals surface area (Å²) in [6.45, 7) is 14.9. The molecule has 0 aliphatic carbocycles. The quantitative estimate of drug-likeness (QED) is 0.231. The van der Waals surface area contributed by atoms with Crippen molar-refractivity contribution >= 4 is 44.9 Å². The molecule has 0 radical (unpaired) electrons. The van der Waals surface area contributed by atoms with E-state index in [9.17, 15) is 0 Å². The minimum atomic E-state index is -0.366. The van der Waals surface area contributed by atoms with E-state index in [0.29, 0.717) is 0 Å². The molecule has 4 aromatic rings. The number of fused-ring (bicyclic) bond motifs is 5. The van der Waals surface area contributed by atoms with Gasteiger partial charge >= 0.3 is 7.12 Å². The van der Waals surface area contributed by atoms with Crippen LogP contribution in [0.4, 0.5) is 0 Å². The van der Waals surface area contributed by atoms with E-state index < -0.39 is 0 Å². The van der Waals surface area contributed by atoms with E-state index in [2.05, 4.69) is 96.1 Å². The number of benzene rings is 4. The molecule has 1 aliphatic rings.